The molecule has 1 heterocycles. The third-order valence-corrected chi connectivity index (χ3v) is 6.32. The van der Waals surface area contributed by atoms with Gasteiger partial charge in [0.15, 0.2) is 0 Å². The Labute approximate surface area is 200 Å². The topological polar surface area (TPSA) is 63.1 Å². The SMILES string of the molecule is Cc1ccc(NC(=O)CSc2cn(CCNC(=O)c3c(F)cccc3F)c3ccccc23)cc1. The number of carbonyl (C=O) groups excluding carboxylic acids is 2. The van der Waals surface area contributed by atoms with Crippen LogP contribution in [0.4, 0.5) is 14.5 Å². The van der Waals surface area contributed by atoms with Crippen molar-refractivity contribution in [3.63, 3.8) is 0 Å². The van der Waals surface area contributed by atoms with Gasteiger partial charge in [0.2, 0.25) is 5.91 Å². The lowest BCUT2D eigenvalue weighted by molar-refractivity contribution is -0.113. The molecule has 0 aliphatic heterocycles. The Hall–Kier alpha value is -3.65. The predicted octanol–water partition coefficient (Wildman–Crippen LogP) is 5.39. The zero-order chi connectivity index (χ0) is 24.1. The zero-order valence-corrected chi connectivity index (χ0v) is 19.3. The highest BCUT2D eigenvalue weighted by Crippen LogP contribution is 2.30. The molecule has 2 N–H and O–H groups in total. The number of benzene rings is 3. The number of aryl methyl sites for hydroxylation is 1. The number of amides is 2. The number of thioether (sulfide) groups is 1. The van der Waals surface area contributed by atoms with Gasteiger partial charge >= 0.3 is 0 Å². The molecule has 2 amide bonds. The zero-order valence-electron chi connectivity index (χ0n) is 18.5. The van der Waals surface area contributed by atoms with Crippen molar-refractivity contribution >= 4 is 40.2 Å². The Morgan fingerprint density at radius 2 is 1.65 bits per heavy atom. The normalized spacial score (nSPS) is 10.9. The molecule has 34 heavy (non-hydrogen) atoms. The standard InChI is InChI=1S/C26H23F2N3O2S/c1-17-9-11-18(12-10-17)30-24(32)16-34-23-15-31(22-8-3-2-5-19(22)23)14-13-29-26(33)25-20(27)6-4-7-21(25)28/h2-12,15H,13-14,16H2,1H3,(H,29,33)(H,30,32). The molecule has 0 saturated carbocycles. The van der Waals surface area contributed by atoms with Crippen LogP contribution >= 0.6 is 11.8 Å². The van der Waals surface area contributed by atoms with Gasteiger partial charge in [0.05, 0.1) is 5.75 Å². The first-order valence-corrected chi connectivity index (χ1v) is 11.7. The van der Waals surface area contributed by atoms with Crippen LogP contribution in [-0.2, 0) is 11.3 Å². The van der Waals surface area contributed by atoms with E-state index in [0.29, 0.717) is 6.54 Å². The quantitative estimate of drug-likeness (QED) is 0.333. The largest absolute Gasteiger partial charge is 0.350 e. The van der Waals surface area contributed by atoms with Crippen LogP contribution in [0, 0.1) is 18.6 Å². The summed E-state index contributed by atoms with van der Waals surface area (Å²) in [7, 11) is 0. The minimum Gasteiger partial charge on any atom is -0.350 e. The summed E-state index contributed by atoms with van der Waals surface area (Å²) in [5.74, 6) is -2.46. The first-order chi connectivity index (χ1) is 16.4. The van der Waals surface area contributed by atoms with Gasteiger partial charge in [0.25, 0.3) is 5.91 Å². The maximum atomic E-state index is 13.8. The number of halogens is 2. The molecule has 1 aromatic heterocycles. The molecule has 4 aromatic rings. The summed E-state index contributed by atoms with van der Waals surface area (Å²) in [4.78, 5) is 25.6. The molecule has 4 rings (SSSR count). The van der Waals surface area contributed by atoms with Gasteiger partial charge in [0.1, 0.15) is 17.2 Å². The number of hydrogen-bond acceptors (Lipinski definition) is 3. The van der Waals surface area contributed by atoms with Gasteiger partial charge < -0.3 is 15.2 Å². The van der Waals surface area contributed by atoms with Crippen molar-refractivity contribution in [3.8, 4) is 0 Å². The summed E-state index contributed by atoms with van der Waals surface area (Å²) < 4.78 is 29.6. The number of fused-ring (bicyclic) bond motifs is 1. The highest BCUT2D eigenvalue weighted by molar-refractivity contribution is 8.00. The number of anilines is 1. The second kappa shape index (κ2) is 10.5. The second-order valence-corrected chi connectivity index (χ2v) is 8.78. The Balaban J connectivity index is 1.40. The van der Waals surface area contributed by atoms with Crippen LogP contribution in [0.1, 0.15) is 15.9 Å². The van der Waals surface area contributed by atoms with Crippen molar-refractivity contribution < 1.29 is 18.4 Å². The van der Waals surface area contributed by atoms with Crippen LogP contribution < -0.4 is 10.6 Å². The van der Waals surface area contributed by atoms with Crippen LogP contribution in [0.15, 0.2) is 77.8 Å². The Bertz CT molecular complexity index is 1320. The minimum absolute atomic E-state index is 0.107. The summed E-state index contributed by atoms with van der Waals surface area (Å²) in [6.07, 6.45) is 1.92. The van der Waals surface area contributed by atoms with Crippen LogP contribution in [0.2, 0.25) is 0 Å². The smallest absolute Gasteiger partial charge is 0.257 e. The maximum Gasteiger partial charge on any atom is 0.257 e. The van der Waals surface area contributed by atoms with Gasteiger partial charge in [-0.15, -0.1) is 11.8 Å². The molecule has 8 heteroatoms. The lowest BCUT2D eigenvalue weighted by Gasteiger charge is -2.09. The Kier molecular flexibility index (Phi) is 7.27. The lowest BCUT2D eigenvalue weighted by Crippen LogP contribution is -2.28. The van der Waals surface area contributed by atoms with Gasteiger partial charge in [-0.05, 0) is 37.3 Å². The average Bonchev–Trinajstić information content (AvgIpc) is 3.17. The minimum atomic E-state index is -0.897. The molecule has 0 spiro atoms. The van der Waals surface area contributed by atoms with Gasteiger partial charge in [0, 0.05) is 40.8 Å². The van der Waals surface area contributed by atoms with Crippen molar-refractivity contribution in [2.45, 2.75) is 18.4 Å². The summed E-state index contributed by atoms with van der Waals surface area (Å²) in [6, 6.07) is 18.7. The molecule has 0 unspecified atom stereocenters. The first kappa shape index (κ1) is 23.5. The molecule has 3 aromatic carbocycles. The third-order valence-electron chi connectivity index (χ3n) is 5.27. The van der Waals surface area contributed by atoms with Crippen LogP contribution in [-0.4, -0.2) is 28.7 Å². The summed E-state index contributed by atoms with van der Waals surface area (Å²) in [6.45, 7) is 2.57. The molecule has 174 valence electrons. The Morgan fingerprint density at radius 1 is 0.941 bits per heavy atom. The predicted molar refractivity (Wildman–Crippen MR) is 131 cm³/mol. The molecule has 0 fully saturated rings. The average molecular weight is 480 g/mol. The number of aromatic nitrogens is 1. The fourth-order valence-electron chi connectivity index (χ4n) is 3.58. The van der Waals surface area contributed by atoms with Gasteiger partial charge in [-0.3, -0.25) is 9.59 Å². The van der Waals surface area contributed by atoms with Crippen molar-refractivity contribution in [1.29, 1.82) is 0 Å². The van der Waals surface area contributed by atoms with Gasteiger partial charge in [-0.2, -0.15) is 0 Å². The van der Waals surface area contributed by atoms with Crippen LogP contribution in [0.3, 0.4) is 0 Å². The van der Waals surface area contributed by atoms with E-state index in [0.717, 1.165) is 39.2 Å². The number of carbonyl (C=O) groups is 2. The summed E-state index contributed by atoms with van der Waals surface area (Å²) in [5, 5.41) is 6.45. The first-order valence-electron chi connectivity index (χ1n) is 10.7. The van der Waals surface area contributed by atoms with Crippen molar-refractivity contribution in [2.24, 2.45) is 0 Å². The third kappa shape index (κ3) is 5.46. The van der Waals surface area contributed by atoms with E-state index in [4.69, 9.17) is 0 Å². The fourth-order valence-corrected chi connectivity index (χ4v) is 4.47. The van der Waals surface area contributed by atoms with Crippen LogP contribution in [0.5, 0.6) is 0 Å². The molecule has 0 atom stereocenters. The molecule has 0 saturated heterocycles. The molecule has 0 aliphatic rings. The molecular weight excluding hydrogens is 456 g/mol. The number of hydrogen-bond donors (Lipinski definition) is 2. The molecule has 5 nitrogen and oxygen atoms in total. The van der Waals surface area contributed by atoms with Crippen molar-refractivity contribution in [1.82, 2.24) is 9.88 Å². The monoisotopic (exact) mass is 479 g/mol. The number of nitrogens with one attached hydrogen (secondary N) is 2. The number of para-hydroxylation sites is 1. The Morgan fingerprint density at radius 3 is 2.38 bits per heavy atom. The maximum absolute atomic E-state index is 13.8. The van der Waals surface area contributed by atoms with E-state index in [-0.39, 0.29) is 18.2 Å². The lowest BCUT2D eigenvalue weighted by atomic mass is 10.2. The van der Waals surface area contributed by atoms with Crippen molar-refractivity contribution in [3.05, 3.63) is 95.7 Å². The van der Waals surface area contributed by atoms with E-state index < -0.39 is 23.1 Å². The van der Waals surface area contributed by atoms with E-state index in [2.05, 4.69) is 10.6 Å². The van der Waals surface area contributed by atoms with E-state index in [9.17, 15) is 18.4 Å². The summed E-state index contributed by atoms with van der Waals surface area (Å²) >= 11 is 1.42. The molecule has 0 bridgehead atoms. The second-order valence-electron chi connectivity index (χ2n) is 7.76. The van der Waals surface area contributed by atoms with Crippen LogP contribution in [0.25, 0.3) is 10.9 Å². The number of rotatable bonds is 8. The highest BCUT2D eigenvalue weighted by atomic mass is 32.2. The van der Waals surface area contributed by atoms with Gasteiger partial charge in [-0.25, -0.2) is 8.78 Å². The molecule has 0 radical (unpaired) electrons. The van der Waals surface area contributed by atoms with E-state index >= 15 is 0 Å². The van der Waals surface area contributed by atoms with E-state index in [1.54, 1.807) is 0 Å². The molecule has 0 aliphatic carbocycles. The molecular formula is C26H23F2N3O2S. The van der Waals surface area contributed by atoms with E-state index in [1.165, 1.54) is 17.8 Å². The van der Waals surface area contributed by atoms with Gasteiger partial charge in [-0.1, -0.05) is 42.0 Å². The van der Waals surface area contributed by atoms with Crippen molar-refractivity contribution in [2.75, 3.05) is 17.6 Å². The highest BCUT2D eigenvalue weighted by Gasteiger charge is 2.17. The number of nitrogens with zero attached hydrogens (tertiary/aromatic N) is 1. The fraction of sp³-hybridized carbons (Fsp3) is 0.154. The summed E-state index contributed by atoms with van der Waals surface area (Å²) in [5.41, 5.74) is 2.22. The van der Waals surface area contributed by atoms with E-state index in [1.807, 2.05) is 66.2 Å².